The van der Waals surface area contributed by atoms with E-state index in [0.29, 0.717) is 0 Å². The topological polar surface area (TPSA) is 0 Å². The van der Waals surface area contributed by atoms with E-state index in [1.165, 1.54) is 65.7 Å². The van der Waals surface area contributed by atoms with Crippen molar-refractivity contribution < 1.29 is 0 Å². The fourth-order valence-corrected chi connectivity index (χ4v) is 5.96. The number of hydrogen-bond donors (Lipinski definition) is 0. The summed E-state index contributed by atoms with van der Waals surface area (Å²) in [5.74, 6) is 0. The Morgan fingerprint density at radius 2 is 1.07 bits per heavy atom. The van der Waals surface area contributed by atoms with Gasteiger partial charge in [0.25, 0.3) is 0 Å². The maximum Gasteiger partial charge on any atom is -0.00928 e. The molecule has 0 aromatic heterocycles. The van der Waals surface area contributed by atoms with Crippen LogP contribution in [0.25, 0.3) is 77.9 Å². The monoisotopic (exact) mass is 508 g/mol. The molecule has 188 valence electrons. The Morgan fingerprint density at radius 1 is 0.375 bits per heavy atom. The first kappa shape index (κ1) is 23.9. The number of rotatable bonds is 5. The molecule has 0 heterocycles. The van der Waals surface area contributed by atoms with E-state index in [0.717, 1.165) is 11.1 Å². The van der Waals surface area contributed by atoms with Crippen LogP contribution in [-0.4, -0.2) is 0 Å². The summed E-state index contributed by atoms with van der Waals surface area (Å²) < 4.78 is 0. The number of benzene rings is 7. The highest BCUT2D eigenvalue weighted by atomic mass is 14.2. The van der Waals surface area contributed by atoms with E-state index in [-0.39, 0.29) is 0 Å². The third-order valence-electron chi connectivity index (χ3n) is 8.01. The van der Waals surface area contributed by atoms with E-state index in [9.17, 15) is 0 Å². The maximum absolute atomic E-state index is 4.10. The van der Waals surface area contributed by atoms with Crippen LogP contribution in [0, 0.1) is 0 Å². The second kappa shape index (κ2) is 9.84. The quantitative estimate of drug-likeness (QED) is 0.203. The SMILES string of the molecule is C=Cc1cccc(-c2ccc3c(c2)c(-c2ccc(-c4ccc5ccccc5c4)cc2)cc2ccccc23)c1C=C. The van der Waals surface area contributed by atoms with Gasteiger partial charge >= 0.3 is 0 Å². The van der Waals surface area contributed by atoms with Gasteiger partial charge in [-0.3, -0.25) is 0 Å². The zero-order chi connectivity index (χ0) is 27.1. The Kier molecular flexibility index (Phi) is 5.87. The van der Waals surface area contributed by atoms with E-state index >= 15 is 0 Å². The molecule has 0 atom stereocenters. The third kappa shape index (κ3) is 4.02. The third-order valence-corrected chi connectivity index (χ3v) is 8.01. The molecule has 7 rings (SSSR count). The van der Waals surface area contributed by atoms with Crippen molar-refractivity contribution in [3.8, 4) is 33.4 Å². The van der Waals surface area contributed by atoms with E-state index in [4.69, 9.17) is 0 Å². The molecular weight excluding hydrogens is 480 g/mol. The highest BCUT2D eigenvalue weighted by Crippen LogP contribution is 2.39. The van der Waals surface area contributed by atoms with Crippen molar-refractivity contribution in [1.29, 1.82) is 0 Å². The number of hydrogen-bond acceptors (Lipinski definition) is 0. The molecule has 0 fully saturated rings. The molecule has 0 bridgehead atoms. The van der Waals surface area contributed by atoms with Crippen molar-refractivity contribution in [2.45, 2.75) is 0 Å². The smallest absolute Gasteiger partial charge is 0.00928 e. The van der Waals surface area contributed by atoms with E-state index in [2.05, 4.69) is 147 Å². The lowest BCUT2D eigenvalue weighted by atomic mass is 9.89. The summed E-state index contributed by atoms with van der Waals surface area (Å²) in [6.07, 6.45) is 3.83. The molecule has 0 unspecified atom stereocenters. The molecule has 0 aliphatic carbocycles. The molecule has 0 spiro atoms. The van der Waals surface area contributed by atoms with Gasteiger partial charge in [-0.2, -0.15) is 0 Å². The number of fused-ring (bicyclic) bond motifs is 4. The predicted octanol–water partition coefficient (Wildman–Crippen LogP) is 11.4. The fraction of sp³-hybridized carbons (Fsp3) is 0. The summed E-state index contributed by atoms with van der Waals surface area (Å²) in [6, 6.07) is 48.4. The van der Waals surface area contributed by atoms with E-state index < -0.39 is 0 Å². The van der Waals surface area contributed by atoms with Gasteiger partial charge in [0.15, 0.2) is 0 Å². The second-order valence-electron chi connectivity index (χ2n) is 10.3. The Balaban J connectivity index is 1.40. The highest BCUT2D eigenvalue weighted by Gasteiger charge is 2.13. The van der Waals surface area contributed by atoms with E-state index in [1.54, 1.807) is 0 Å². The molecule has 0 saturated carbocycles. The molecule has 7 aromatic rings. The lowest BCUT2D eigenvalue weighted by Gasteiger charge is -2.15. The van der Waals surface area contributed by atoms with Crippen molar-refractivity contribution in [1.82, 2.24) is 0 Å². The Hall–Kier alpha value is -5.20. The van der Waals surface area contributed by atoms with E-state index in [1.807, 2.05) is 12.2 Å². The molecule has 7 aromatic carbocycles. The van der Waals surface area contributed by atoms with Gasteiger partial charge in [0.2, 0.25) is 0 Å². The molecule has 0 aliphatic rings. The van der Waals surface area contributed by atoms with Gasteiger partial charge in [-0.05, 0) is 95.0 Å². The first-order valence-corrected chi connectivity index (χ1v) is 13.7. The average molecular weight is 509 g/mol. The fourth-order valence-electron chi connectivity index (χ4n) is 5.96. The zero-order valence-corrected chi connectivity index (χ0v) is 22.3. The Morgan fingerprint density at radius 3 is 1.88 bits per heavy atom. The largest absolute Gasteiger partial charge is 0.0984 e. The maximum atomic E-state index is 4.10. The predicted molar refractivity (Wildman–Crippen MR) is 175 cm³/mol. The molecule has 0 heteroatoms. The highest BCUT2D eigenvalue weighted by molar-refractivity contribution is 6.14. The van der Waals surface area contributed by atoms with Crippen LogP contribution < -0.4 is 0 Å². The van der Waals surface area contributed by atoms with Crippen LogP contribution in [0.5, 0.6) is 0 Å². The summed E-state index contributed by atoms with van der Waals surface area (Å²) in [5, 5.41) is 7.54. The molecule has 40 heavy (non-hydrogen) atoms. The van der Waals surface area contributed by atoms with Gasteiger partial charge in [0.1, 0.15) is 0 Å². The lowest BCUT2D eigenvalue weighted by Crippen LogP contribution is -1.90. The molecule has 0 nitrogen and oxygen atoms in total. The van der Waals surface area contributed by atoms with Crippen molar-refractivity contribution in [2.75, 3.05) is 0 Å². The summed E-state index contributed by atoms with van der Waals surface area (Å²) in [6.45, 7) is 8.10. The molecule has 0 amide bonds. The Bertz CT molecular complexity index is 2070. The van der Waals surface area contributed by atoms with Crippen LogP contribution in [0.15, 0.2) is 147 Å². The van der Waals surface area contributed by atoms with Gasteiger partial charge in [-0.15, -0.1) is 0 Å². The van der Waals surface area contributed by atoms with Crippen LogP contribution >= 0.6 is 0 Å². The van der Waals surface area contributed by atoms with Crippen LogP contribution in [0.4, 0.5) is 0 Å². The summed E-state index contributed by atoms with van der Waals surface area (Å²) >= 11 is 0. The summed E-state index contributed by atoms with van der Waals surface area (Å²) in [7, 11) is 0. The standard InChI is InChI=1S/C40H28/c1-3-27-13-9-15-36(35(27)4-2)34-22-23-38-37-14-8-7-12-33(37)25-39(40(38)26-34)30-19-16-29(17-20-30)32-21-18-28-10-5-6-11-31(28)24-32/h3-26H,1-2H2. The van der Waals surface area contributed by atoms with Gasteiger partial charge in [0, 0.05) is 0 Å². The Labute approximate surface area is 235 Å². The normalized spacial score (nSPS) is 11.2. The van der Waals surface area contributed by atoms with Crippen molar-refractivity contribution >= 4 is 44.5 Å². The second-order valence-corrected chi connectivity index (χ2v) is 10.3. The van der Waals surface area contributed by atoms with Gasteiger partial charge in [-0.1, -0.05) is 141 Å². The minimum atomic E-state index is 1.09. The minimum absolute atomic E-state index is 1.09. The van der Waals surface area contributed by atoms with Gasteiger partial charge < -0.3 is 0 Å². The summed E-state index contributed by atoms with van der Waals surface area (Å²) in [4.78, 5) is 0. The van der Waals surface area contributed by atoms with Crippen LogP contribution in [0.3, 0.4) is 0 Å². The molecule has 0 N–H and O–H groups in total. The average Bonchev–Trinajstić information content (AvgIpc) is 3.03. The van der Waals surface area contributed by atoms with Gasteiger partial charge in [-0.25, -0.2) is 0 Å². The van der Waals surface area contributed by atoms with Crippen molar-refractivity contribution in [2.24, 2.45) is 0 Å². The molecule has 0 radical (unpaired) electrons. The van der Waals surface area contributed by atoms with Crippen molar-refractivity contribution in [3.05, 3.63) is 158 Å². The molecular formula is C40H28. The first-order valence-electron chi connectivity index (χ1n) is 13.7. The van der Waals surface area contributed by atoms with Crippen LogP contribution in [-0.2, 0) is 0 Å². The summed E-state index contributed by atoms with van der Waals surface area (Å²) in [5.41, 5.74) is 9.44. The molecule has 0 saturated heterocycles. The van der Waals surface area contributed by atoms with Crippen LogP contribution in [0.1, 0.15) is 11.1 Å². The van der Waals surface area contributed by atoms with Gasteiger partial charge in [0.05, 0.1) is 0 Å². The van der Waals surface area contributed by atoms with Crippen LogP contribution in [0.2, 0.25) is 0 Å². The lowest BCUT2D eigenvalue weighted by molar-refractivity contribution is 1.58. The zero-order valence-electron chi connectivity index (χ0n) is 22.3. The first-order chi connectivity index (χ1) is 19.7. The molecule has 0 aliphatic heterocycles. The van der Waals surface area contributed by atoms with Crippen molar-refractivity contribution in [3.63, 3.8) is 0 Å². The minimum Gasteiger partial charge on any atom is -0.0984 e.